The summed E-state index contributed by atoms with van der Waals surface area (Å²) in [4.78, 5) is 0.169. The molecule has 0 aliphatic carbocycles. The van der Waals surface area contributed by atoms with Gasteiger partial charge in [0, 0.05) is 0 Å². The number of ether oxygens (including phenoxy) is 1. The molecule has 0 saturated heterocycles. The average Bonchev–Trinajstić information content (AvgIpc) is 2.72. The van der Waals surface area contributed by atoms with Gasteiger partial charge in [0.25, 0.3) is 0 Å². The number of benzene rings is 3. The molecule has 4 nitrogen and oxygen atoms in total. The van der Waals surface area contributed by atoms with E-state index in [-0.39, 0.29) is 4.90 Å². The molecule has 0 saturated carbocycles. The summed E-state index contributed by atoms with van der Waals surface area (Å²) in [5, 5.41) is 0. The molecule has 0 radical (unpaired) electrons. The number of halogens is 1. The van der Waals surface area contributed by atoms with Gasteiger partial charge in [-0.2, -0.15) is 0 Å². The zero-order valence-corrected chi connectivity index (χ0v) is 18.6. The van der Waals surface area contributed by atoms with E-state index in [1.165, 1.54) is 0 Å². The molecule has 28 heavy (non-hydrogen) atoms. The van der Waals surface area contributed by atoms with Crippen LogP contribution in [0.25, 0.3) is 6.08 Å². The predicted molar refractivity (Wildman–Crippen MR) is 121 cm³/mol. The molecule has 3 aromatic carbocycles. The second kappa shape index (κ2) is 9.36. The van der Waals surface area contributed by atoms with Crippen LogP contribution in [0, 0.1) is 10.5 Å². The fraction of sp³-hybridized carbons (Fsp3) is 0.0909. The number of hydrogen-bond acceptors (Lipinski definition) is 4. The Morgan fingerprint density at radius 1 is 0.857 bits per heavy atom. The van der Waals surface area contributed by atoms with E-state index in [0.29, 0.717) is 5.75 Å². The minimum atomic E-state index is -3.86. The average molecular weight is 508 g/mol. The molecule has 0 aromatic heterocycles. The van der Waals surface area contributed by atoms with Crippen molar-refractivity contribution in [2.24, 2.45) is 0 Å². The van der Waals surface area contributed by atoms with Crippen molar-refractivity contribution in [2.45, 2.75) is 11.8 Å². The van der Waals surface area contributed by atoms with Gasteiger partial charge >= 0.3 is 174 Å². The summed E-state index contributed by atoms with van der Waals surface area (Å²) in [6, 6.07) is 23.8. The van der Waals surface area contributed by atoms with Gasteiger partial charge in [-0.25, -0.2) is 0 Å². The quantitative estimate of drug-likeness (QED) is 0.386. The number of hydrogen-bond donors (Lipinski definition) is 0. The Kier molecular flexibility index (Phi) is 6.88. The molecule has 146 valence electrons. The van der Waals surface area contributed by atoms with Gasteiger partial charge in [-0.1, -0.05) is 0 Å². The summed E-state index contributed by atoms with van der Waals surface area (Å²) in [7, 11) is -2.26. The van der Waals surface area contributed by atoms with E-state index in [4.69, 9.17) is 7.25 Å². The SMILES string of the molecule is COc1ccc(I(C=Cc2ccccc2)OS(=O)(=O)c2ccc(C)cc2)cc1. The topological polar surface area (TPSA) is 52.6 Å². The first kappa shape index (κ1) is 20.6. The van der Waals surface area contributed by atoms with E-state index in [9.17, 15) is 8.42 Å². The Morgan fingerprint density at radius 3 is 2.11 bits per heavy atom. The van der Waals surface area contributed by atoms with Crippen molar-refractivity contribution in [3.8, 4) is 5.75 Å². The molecule has 0 spiro atoms. The van der Waals surface area contributed by atoms with Crippen LogP contribution in [0.5, 0.6) is 5.75 Å². The van der Waals surface area contributed by atoms with Crippen molar-refractivity contribution >= 4 is 36.4 Å². The molecule has 0 unspecified atom stereocenters. The Labute approximate surface area is 173 Å². The molecule has 0 fully saturated rings. The molecule has 0 aliphatic rings. The van der Waals surface area contributed by atoms with Crippen LogP contribution in [-0.4, -0.2) is 15.5 Å². The second-order valence-corrected chi connectivity index (χ2v) is 12.1. The van der Waals surface area contributed by atoms with Gasteiger partial charge in [0.15, 0.2) is 0 Å². The maximum atomic E-state index is 12.8. The molecular formula is C22H21IO4S. The Hall–Kier alpha value is -2.16. The van der Waals surface area contributed by atoms with E-state index in [0.717, 1.165) is 14.7 Å². The summed E-state index contributed by atoms with van der Waals surface area (Å²) in [6.07, 6.45) is 1.92. The van der Waals surface area contributed by atoms with E-state index in [1.807, 2.05) is 71.7 Å². The van der Waals surface area contributed by atoms with Crippen LogP contribution in [-0.2, 0) is 12.6 Å². The molecule has 0 aliphatic heterocycles. The van der Waals surface area contributed by atoms with Gasteiger partial charge < -0.3 is 0 Å². The summed E-state index contributed by atoms with van der Waals surface area (Å²) >= 11 is -2.64. The van der Waals surface area contributed by atoms with Crippen LogP contribution in [0.4, 0.5) is 0 Å². The van der Waals surface area contributed by atoms with E-state index in [2.05, 4.69) is 0 Å². The molecule has 6 heteroatoms. The molecule has 0 N–H and O–H groups in total. The zero-order valence-electron chi connectivity index (χ0n) is 15.6. The standard InChI is InChI=1S/C22H21IO4S/c1-18-8-14-22(15-9-18)28(24,25)27-23(17-16-19-6-4-3-5-7-19)20-10-12-21(26-2)13-11-20/h3-17H,1-2H3. The van der Waals surface area contributed by atoms with Gasteiger partial charge in [-0.3, -0.25) is 0 Å². The van der Waals surface area contributed by atoms with Crippen LogP contribution in [0.3, 0.4) is 0 Å². The van der Waals surface area contributed by atoms with Crippen molar-refractivity contribution in [2.75, 3.05) is 7.11 Å². The third-order valence-corrected chi connectivity index (χ3v) is 10.6. The first-order valence-electron chi connectivity index (χ1n) is 8.55. The first-order valence-corrected chi connectivity index (χ1v) is 13.2. The summed E-state index contributed by atoms with van der Waals surface area (Å²) in [5.41, 5.74) is 1.99. The number of aryl methyl sites for hydroxylation is 1. The second-order valence-electron chi connectivity index (χ2n) is 5.97. The van der Waals surface area contributed by atoms with Crippen molar-refractivity contribution in [3.05, 3.63) is 97.6 Å². The van der Waals surface area contributed by atoms with Gasteiger partial charge in [-0.15, -0.1) is 0 Å². The van der Waals surface area contributed by atoms with Crippen molar-refractivity contribution in [1.29, 1.82) is 0 Å². The van der Waals surface area contributed by atoms with Gasteiger partial charge in [0.2, 0.25) is 0 Å². The molecule has 0 bridgehead atoms. The maximum absolute atomic E-state index is 12.8. The fourth-order valence-electron chi connectivity index (χ4n) is 2.35. The Morgan fingerprint density at radius 2 is 1.50 bits per heavy atom. The van der Waals surface area contributed by atoms with E-state index >= 15 is 0 Å². The molecule has 0 atom stereocenters. The third kappa shape index (κ3) is 5.43. The molecular weight excluding hydrogens is 487 g/mol. The zero-order chi connectivity index (χ0) is 20.0. The summed E-state index contributed by atoms with van der Waals surface area (Å²) in [6.45, 7) is 1.91. The van der Waals surface area contributed by atoms with Gasteiger partial charge in [0.1, 0.15) is 0 Å². The molecule has 3 rings (SSSR count). The molecule has 0 heterocycles. The van der Waals surface area contributed by atoms with Crippen molar-refractivity contribution in [3.63, 3.8) is 0 Å². The van der Waals surface area contributed by atoms with Crippen LogP contribution in [0.15, 0.2) is 87.8 Å². The number of methoxy groups -OCH3 is 1. The molecule has 3 aromatic rings. The van der Waals surface area contributed by atoms with E-state index in [1.54, 1.807) is 31.4 Å². The fourth-order valence-corrected chi connectivity index (χ4v) is 8.55. The predicted octanol–water partition coefficient (Wildman–Crippen LogP) is 5.67. The Balaban J connectivity index is 1.92. The van der Waals surface area contributed by atoms with Crippen LogP contribution in [0.1, 0.15) is 11.1 Å². The third-order valence-electron chi connectivity index (χ3n) is 3.89. The van der Waals surface area contributed by atoms with Crippen molar-refractivity contribution < 1.29 is 15.7 Å². The normalized spacial score (nSPS) is 12.1. The minimum absolute atomic E-state index is 0.169. The number of rotatable bonds is 7. The monoisotopic (exact) mass is 508 g/mol. The summed E-state index contributed by atoms with van der Waals surface area (Å²) in [5.74, 6) is 0.716. The Bertz CT molecular complexity index is 1030. The van der Waals surface area contributed by atoms with Gasteiger partial charge in [-0.05, 0) is 0 Å². The molecule has 0 amide bonds. The summed E-state index contributed by atoms with van der Waals surface area (Å²) < 4.78 is 39.4. The van der Waals surface area contributed by atoms with Gasteiger partial charge in [0.05, 0.1) is 0 Å². The van der Waals surface area contributed by atoms with Crippen LogP contribution in [0.2, 0.25) is 0 Å². The van der Waals surface area contributed by atoms with E-state index < -0.39 is 30.4 Å². The van der Waals surface area contributed by atoms with Crippen LogP contribution >= 0.6 is 20.2 Å². The van der Waals surface area contributed by atoms with Crippen molar-refractivity contribution in [1.82, 2.24) is 0 Å². The van der Waals surface area contributed by atoms with Crippen LogP contribution < -0.4 is 4.74 Å². The first-order chi connectivity index (χ1) is 13.5.